The first kappa shape index (κ1) is 14.9. The lowest BCUT2D eigenvalue weighted by atomic mass is 10.1. The molecule has 0 spiro atoms. The predicted molar refractivity (Wildman–Crippen MR) is 75.2 cm³/mol. The summed E-state index contributed by atoms with van der Waals surface area (Å²) in [6, 6.07) is 4.07. The highest BCUT2D eigenvalue weighted by Gasteiger charge is 2.17. The fourth-order valence-electron chi connectivity index (χ4n) is 1.79. The van der Waals surface area contributed by atoms with Crippen LogP contribution in [0.3, 0.4) is 0 Å². The third kappa shape index (κ3) is 3.34. The van der Waals surface area contributed by atoms with Gasteiger partial charge in [0.1, 0.15) is 16.6 Å². The predicted octanol–water partition coefficient (Wildman–Crippen LogP) is 2.21. The summed E-state index contributed by atoms with van der Waals surface area (Å²) in [4.78, 5) is 22.6. The number of halogens is 2. The van der Waals surface area contributed by atoms with Gasteiger partial charge in [-0.05, 0) is 18.2 Å². The fourth-order valence-corrected chi connectivity index (χ4v) is 2.87. The van der Waals surface area contributed by atoms with Crippen molar-refractivity contribution in [2.75, 3.05) is 5.32 Å². The molecule has 0 bridgehead atoms. The molecule has 21 heavy (non-hydrogen) atoms. The SMILES string of the molecule is NC(=O)Nc1sc(Cc2c(F)cccc2F)cc1C(N)=O. The molecular weight excluding hydrogens is 300 g/mol. The van der Waals surface area contributed by atoms with E-state index >= 15 is 0 Å². The molecule has 5 N–H and O–H groups in total. The molecule has 0 fully saturated rings. The largest absolute Gasteiger partial charge is 0.366 e. The van der Waals surface area contributed by atoms with Gasteiger partial charge in [0.25, 0.3) is 5.91 Å². The average molecular weight is 311 g/mol. The van der Waals surface area contributed by atoms with Crippen molar-refractivity contribution < 1.29 is 18.4 Å². The van der Waals surface area contributed by atoms with Crippen LogP contribution in [0, 0.1) is 11.6 Å². The lowest BCUT2D eigenvalue weighted by Gasteiger charge is -2.02. The van der Waals surface area contributed by atoms with Crippen LogP contribution < -0.4 is 16.8 Å². The van der Waals surface area contributed by atoms with Gasteiger partial charge in [-0.15, -0.1) is 11.3 Å². The van der Waals surface area contributed by atoms with E-state index in [-0.39, 0.29) is 22.5 Å². The summed E-state index contributed by atoms with van der Waals surface area (Å²) in [6.07, 6.45) is -0.0656. The highest BCUT2D eigenvalue weighted by molar-refractivity contribution is 7.16. The molecule has 8 heteroatoms. The number of thiophene rings is 1. The van der Waals surface area contributed by atoms with Crippen LogP contribution in [0.4, 0.5) is 18.6 Å². The van der Waals surface area contributed by atoms with E-state index in [1.807, 2.05) is 0 Å². The molecule has 1 heterocycles. The minimum atomic E-state index is -0.858. The molecule has 0 aliphatic carbocycles. The Morgan fingerprint density at radius 2 is 1.81 bits per heavy atom. The van der Waals surface area contributed by atoms with Gasteiger partial charge in [0.15, 0.2) is 0 Å². The molecule has 0 atom stereocenters. The quantitative estimate of drug-likeness (QED) is 0.806. The third-order valence-corrected chi connectivity index (χ3v) is 3.75. The first-order valence-electron chi connectivity index (χ1n) is 5.80. The average Bonchev–Trinajstić information content (AvgIpc) is 2.76. The van der Waals surface area contributed by atoms with Crippen molar-refractivity contribution in [1.29, 1.82) is 0 Å². The Morgan fingerprint density at radius 3 is 2.33 bits per heavy atom. The molecule has 2 rings (SSSR count). The van der Waals surface area contributed by atoms with Crippen molar-refractivity contribution in [2.45, 2.75) is 6.42 Å². The third-order valence-electron chi connectivity index (χ3n) is 2.70. The van der Waals surface area contributed by atoms with Gasteiger partial charge in [-0.2, -0.15) is 0 Å². The van der Waals surface area contributed by atoms with Gasteiger partial charge in [-0.1, -0.05) is 6.07 Å². The number of anilines is 1. The number of carbonyl (C=O) groups is 2. The van der Waals surface area contributed by atoms with Crippen LogP contribution in [0.15, 0.2) is 24.3 Å². The van der Waals surface area contributed by atoms with Gasteiger partial charge >= 0.3 is 6.03 Å². The van der Waals surface area contributed by atoms with Crippen molar-refractivity contribution in [3.63, 3.8) is 0 Å². The van der Waals surface area contributed by atoms with Gasteiger partial charge in [-0.3, -0.25) is 10.1 Å². The molecule has 0 saturated heterocycles. The second-order valence-electron chi connectivity index (χ2n) is 4.19. The van der Waals surface area contributed by atoms with Crippen LogP contribution >= 0.6 is 11.3 Å². The van der Waals surface area contributed by atoms with Crippen LogP contribution in [0.25, 0.3) is 0 Å². The molecule has 0 aliphatic rings. The zero-order valence-electron chi connectivity index (χ0n) is 10.7. The summed E-state index contributed by atoms with van der Waals surface area (Å²) in [5.41, 5.74) is 10.1. The van der Waals surface area contributed by atoms with Crippen molar-refractivity contribution in [2.24, 2.45) is 11.5 Å². The Bertz CT molecular complexity index is 695. The Morgan fingerprint density at radius 1 is 1.19 bits per heavy atom. The van der Waals surface area contributed by atoms with Gasteiger partial charge in [0.2, 0.25) is 0 Å². The highest BCUT2D eigenvalue weighted by atomic mass is 32.1. The van der Waals surface area contributed by atoms with Crippen molar-refractivity contribution >= 4 is 28.3 Å². The van der Waals surface area contributed by atoms with E-state index in [0.29, 0.717) is 4.88 Å². The molecule has 0 unspecified atom stereocenters. The topological polar surface area (TPSA) is 98.2 Å². The fraction of sp³-hybridized carbons (Fsp3) is 0.0769. The molecule has 0 saturated carbocycles. The summed E-state index contributed by atoms with van der Waals surface area (Å²) in [7, 11) is 0. The summed E-state index contributed by atoms with van der Waals surface area (Å²) in [6.45, 7) is 0. The maximum Gasteiger partial charge on any atom is 0.317 e. The molecule has 110 valence electrons. The molecule has 1 aromatic carbocycles. The number of primary amides is 2. The first-order chi connectivity index (χ1) is 9.88. The van der Waals surface area contributed by atoms with Gasteiger partial charge in [-0.25, -0.2) is 13.6 Å². The van der Waals surface area contributed by atoms with E-state index in [1.54, 1.807) is 0 Å². The van der Waals surface area contributed by atoms with Crippen LogP contribution in [-0.4, -0.2) is 11.9 Å². The number of carbonyl (C=O) groups excluding carboxylic acids is 2. The Kier molecular flexibility index (Phi) is 4.18. The Balaban J connectivity index is 2.37. The maximum atomic E-state index is 13.6. The van der Waals surface area contributed by atoms with Crippen LogP contribution in [0.1, 0.15) is 20.8 Å². The summed E-state index contributed by atoms with van der Waals surface area (Å²) in [5.74, 6) is -2.14. The minimum Gasteiger partial charge on any atom is -0.366 e. The monoisotopic (exact) mass is 311 g/mol. The van der Waals surface area contributed by atoms with E-state index < -0.39 is 23.6 Å². The van der Waals surface area contributed by atoms with E-state index in [1.165, 1.54) is 12.1 Å². The Labute approximate surface area is 122 Å². The number of nitrogens with one attached hydrogen (secondary N) is 1. The van der Waals surface area contributed by atoms with Crippen LogP contribution in [0.2, 0.25) is 0 Å². The van der Waals surface area contributed by atoms with Crippen molar-refractivity contribution in [3.05, 3.63) is 51.9 Å². The zero-order chi connectivity index (χ0) is 15.6. The van der Waals surface area contributed by atoms with Gasteiger partial charge < -0.3 is 11.5 Å². The highest BCUT2D eigenvalue weighted by Crippen LogP contribution is 2.30. The standard InChI is InChI=1S/C13H11F2N3O2S/c14-9-2-1-3-10(15)7(9)4-6-5-8(11(16)19)12(21-6)18-13(17)20/h1-3,5H,4H2,(H2,16,19)(H3,17,18,20). The first-order valence-corrected chi connectivity index (χ1v) is 6.62. The summed E-state index contributed by atoms with van der Waals surface area (Å²) >= 11 is 0.982. The van der Waals surface area contributed by atoms with Crippen LogP contribution in [-0.2, 0) is 6.42 Å². The molecule has 0 aliphatic heterocycles. The molecular formula is C13H11F2N3O2S. The normalized spacial score (nSPS) is 10.4. The van der Waals surface area contributed by atoms with Gasteiger partial charge in [0, 0.05) is 16.9 Å². The number of amides is 3. The molecule has 5 nitrogen and oxygen atoms in total. The van der Waals surface area contributed by atoms with Crippen molar-refractivity contribution in [3.8, 4) is 0 Å². The molecule has 0 radical (unpaired) electrons. The van der Waals surface area contributed by atoms with E-state index in [4.69, 9.17) is 11.5 Å². The number of hydrogen-bond acceptors (Lipinski definition) is 3. The smallest absolute Gasteiger partial charge is 0.317 e. The maximum absolute atomic E-state index is 13.6. The number of hydrogen-bond donors (Lipinski definition) is 3. The van der Waals surface area contributed by atoms with Crippen LogP contribution in [0.5, 0.6) is 0 Å². The zero-order valence-corrected chi connectivity index (χ0v) is 11.5. The number of urea groups is 1. The molecule has 1 aromatic heterocycles. The number of nitrogens with two attached hydrogens (primary N) is 2. The van der Waals surface area contributed by atoms with E-state index in [0.717, 1.165) is 23.5 Å². The number of rotatable bonds is 4. The van der Waals surface area contributed by atoms with Gasteiger partial charge in [0.05, 0.1) is 5.56 Å². The lowest BCUT2D eigenvalue weighted by molar-refractivity contribution is 0.100. The molecule has 2 aromatic rings. The molecule has 3 amide bonds. The number of benzene rings is 1. The minimum absolute atomic E-state index is 0.0468. The van der Waals surface area contributed by atoms with E-state index in [9.17, 15) is 18.4 Å². The second kappa shape index (κ2) is 5.88. The Hall–Kier alpha value is -2.48. The summed E-state index contributed by atoms with van der Waals surface area (Å²) in [5, 5.41) is 2.41. The lowest BCUT2D eigenvalue weighted by Crippen LogP contribution is -2.21. The second-order valence-corrected chi connectivity index (χ2v) is 5.32. The van der Waals surface area contributed by atoms with E-state index in [2.05, 4.69) is 5.32 Å². The summed E-state index contributed by atoms with van der Waals surface area (Å²) < 4.78 is 27.2. The van der Waals surface area contributed by atoms with Crippen molar-refractivity contribution in [1.82, 2.24) is 0 Å².